The third kappa shape index (κ3) is 3.43. The second kappa shape index (κ2) is 5.01. The lowest BCUT2D eigenvalue weighted by atomic mass is 10.2. The minimum absolute atomic E-state index is 0.0764. The molecule has 2 N–H and O–H groups in total. The van der Waals surface area contributed by atoms with Crippen LogP contribution in [0.3, 0.4) is 0 Å². The number of carbonyl (C=O) groups is 2. The Morgan fingerprint density at radius 2 is 2.13 bits per heavy atom. The van der Waals surface area contributed by atoms with Gasteiger partial charge in [-0.3, -0.25) is 4.79 Å². The van der Waals surface area contributed by atoms with Crippen molar-refractivity contribution in [2.75, 3.05) is 6.54 Å². The maximum absolute atomic E-state index is 11.8. The van der Waals surface area contributed by atoms with Gasteiger partial charge in [-0.05, 0) is 12.8 Å². The van der Waals surface area contributed by atoms with Crippen LogP contribution in [-0.2, 0) is 14.3 Å². The molecule has 1 fully saturated rings. The van der Waals surface area contributed by atoms with E-state index in [2.05, 4.69) is 0 Å². The molecule has 0 spiro atoms. The van der Waals surface area contributed by atoms with Gasteiger partial charge in [0.05, 0.1) is 6.10 Å². The van der Waals surface area contributed by atoms with Gasteiger partial charge >= 0.3 is 12.4 Å². The van der Waals surface area contributed by atoms with Crippen LogP contribution in [0.15, 0.2) is 0 Å². The van der Waals surface area contributed by atoms with E-state index in [9.17, 15) is 18.4 Å². The Labute approximate surface area is 84.4 Å². The highest BCUT2D eigenvalue weighted by Crippen LogP contribution is 2.19. The zero-order valence-electron chi connectivity index (χ0n) is 7.78. The van der Waals surface area contributed by atoms with E-state index >= 15 is 0 Å². The largest absolute Gasteiger partial charge is 0.479 e. The van der Waals surface area contributed by atoms with Crippen LogP contribution in [0.1, 0.15) is 12.8 Å². The molecule has 7 heteroatoms. The van der Waals surface area contributed by atoms with Crippen LogP contribution in [0.25, 0.3) is 0 Å². The monoisotopic (exact) mass is 223 g/mol. The lowest BCUT2D eigenvalue weighted by Gasteiger charge is -2.11. The molecule has 0 aromatic heterocycles. The number of hydrogen-bond acceptors (Lipinski definition) is 3. The number of ether oxygens (including phenoxy) is 1. The van der Waals surface area contributed by atoms with Crippen LogP contribution in [0.5, 0.6) is 0 Å². The number of halogens is 2. The van der Waals surface area contributed by atoms with Gasteiger partial charge in [0.15, 0.2) is 6.10 Å². The fourth-order valence-electron chi connectivity index (χ4n) is 1.33. The molecule has 1 rings (SSSR count). The molecular formula is C8H11F2NO4. The number of aliphatic carboxylic acids is 1. The minimum atomic E-state index is -3.05. The molecule has 0 saturated carbocycles. The van der Waals surface area contributed by atoms with Crippen molar-refractivity contribution in [1.29, 1.82) is 0 Å². The number of rotatable bonds is 4. The van der Waals surface area contributed by atoms with Crippen LogP contribution >= 0.6 is 0 Å². The zero-order valence-corrected chi connectivity index (χ0v) is 7.78. The van der Waals surface area contributed by atoms with Gasteiger partial charge in [-0.2, -0.15) is 8.78 Å². The highest BCUT2D eigenvalue weighted by Gasteiger charge is 2.30. The minimum Gasteiger partial charge on any atom is -0.479 e. The van der Waals surface area contributed by atoms with Crippen LogP contribution < -0.4 is 5.32 Å². The molecule has 1 aliphatic rings. The molecule has 0 aromatic carbocycles. The second-order valence-electron chi connectivity index (χ2n) is 3.21. The Morgan fingerprint density at radius 3 is 2.60 bits per heavy atom. The maximum Gasteiger partial charge on any atom is 0.332 e. The van der Waals surface area contributed by atoms with Crippen molar-refractivity contribution in [3.8, 4) is 0 Å². The molecule has 0 radical (unpaired) electrons. The lowest BCUT2D eigenvalue weighted by Crippen LogP contribution is -2.36. The summed E-state index contributed by atoms with van der Waals surface area (Å²) in [7, 11) is 0. The Bertz CT molecular complexity index is 259. The molecule has 15 heavy (non-hydrogen) atoms. The number of carboxylic acid groups (broad SMARTS) is 1. The Morgan fingerprint density at radius 1 is 1.47 bits per heavy atom. The van der Waals surface area contributed by atoms with Gasteiger partial charge in [0.25, 0.3) is 5.91 Å². The summed E-state index contributed by atoms with van der Waals surface area (Å²) in [6, 6.07) is 0. The summed E-state index contributed by atoms with van der Waals surface area (Å²) in [5, 5.41) is 10.5. The highest BCUT2D eigenvalue weighted by atomic mass is 19.3. The van der Waals surface area contributed by atoms with Gasteiger partial charge in [-0.1, -0.05) is 0 Å². The van der Waals surface area contributed by atoms with E-state index in [4.69, 9.17) is 9.84 Å². The van der Waals surface area contributed by atoms with Crippen molar-refractivity contribution in [3.63, 3.8) is 0 Å². The smallest absolute Gasteiger partial charge is 0.332 e. The number of alkyl halides is 2. The van der Waals surface area contributed by atoms with Gasteiger partial charge in [-0.15, -0.1) is 0 Å². The van der Waals surface area contributed by atoms with Crippen molar-refractivity contribution < 1.29 is 28.2 Å². The molecule has 1 aliphatic heterocycles. The van der Waals surface area contributed by atoms with Crippen molar-refractivity contribution in [2.24, 2.45) is 0 Å². The molecule has 0 bridgehead atoms. The van der Waals surface area contributed by atoms with Gasteiger partial charge < -0.3 is 15.2 Å². The molecule has 1 saturated heterocycles. The van der Waals surface area contributed by atoms with Gasteiger partial charge in [0.2, 0.25) is 0 Å². The molecule has 0 aromatic rings. The van der Waals surface area contributed by atoms with Crippen molar-refractivity contribution in [2.45, 2.75) is 31.5 Å². The second-order valence-corrected chi connectivity index (χ2v) is 3.21. The summed E-state index contributed by atoms with van der Waals surface area (Å²) in [6.07, 6.45) is -3.65. The first-order valence-electron chi connectivity index (χ1n) is 4.45. The maximum atomic E-state index is 11.8. The average Bonchev–Trinajstić information content (AvgIpc) is 2.62. The number of carboxylic acids is 1. The van der Waals surface area contributed by atoms with E-state index in [1.54, 1.807) is 0 Å². The topological polar surface area (TPSA) is 75.6 Å². The SMILES string of the molecule is O=C(NCC1CCC(C(=O)O)O1)C(F)F. The predicted molar refractivity (Wildman–Crippen MR) is 44.5 cm³/mol. The summed E-state index contributed by atoms with van der Waals surface area (Å²) in [6.45, 7) is -0.0764. The highest BCUT2D eigenvalue weighted by molar-refractivity contribution is 5.79. The first kappa shape index (κ1) is 11.8. The lowest BCUT2D eigenvalue weighted by molar-refractivity contribution is -0.149. The van der Waals surface area contributed by atoms with Crippen LogP contribution in [0, 0.1) is 0 Å². The first-order chi connectivity index (χ1) is 7.00. The summed E-state index contributed by atoms with van der Waals surface area (Å²) >= 11 is 0. The number of carbonyl (C=O) groups excluding carboxylic acids is 1. The van der Waals surface area contributed by atoms with Crippen LogP contribution in [0.4, 0.5) is 8.78 Å². The van der Waals surface area contributed by atoms with E-state index < -0.39 is 30.5 Å². The quantitative estimate of drug-likeness (QED) is 0.703. The van der Waals surface area contributed by atoms with Gasteiger partial charge in [0, 0.05) is 6.54 Å². The number of nitrogens with one attached hydrogen (secondary N) is 1. The van der Waals surface area contributed by atoms with E-state index in [-0.39, 0.29) is 6.54 Å². The normalized spacial score (nSPS) is 25.5. The van der Waals surface area contributed by atoms with E-state index in [1.165, 1.54) is 0 Å². The number of amides is 1. The summed E-state index contributed by atoms with van der Waals surface area (Å²) in [5.74, 6) is -2.44. The molecule has 5 nitrogen and oxygen atoms in total. The third-order valence-electron chi connectivity index (χ3n) is 2.09. The fraction of sp³-hybridized carbons (Fsp3) is 0.750. The average molecular weight is 223 g/mol. The predicted octanol–water partition coefficient (Wildman–Crippen LogP) is -0.000100. The molecule has 1 amide bonds. The fourth-order valence-corrected chi connectivity index (χ4v) is 1.33. The Kier molecular flexibility index (Phi) is 3.96. The molecule has 2 unspecified atom stereocenters. The van der Waals surface area contributed by atoms with Crippen molar-refractivity contribution in [3.05, 3.63) is 0 Å². The standard InChI is InChI=1S/C8H11F2NO4/c9-6(10)7(12)11-3-4-1-2-5(15-4)8(13)14/h4-6H,1-3H2,(H,11,12)(H,13,14). The summed E-state index contributed by atoms with van der Waals surface area (Å²) in [4.78, 5) is 20.9. The van der Waals surface area contributed by atoms with Crippen LogP contribution in [0.2, 0.25) is 0 Å². The first-order valence-corrected chi connectivity index (χ1v) is 4.45. The Hall–Kier alpha value is -1.24. The van der Waals surface area contributed by atoms with E-state index in [0.29, 0.717) is 12.8 Å². The Balaban J connectivity index is 2.25. The summed E-state index contributed by atoms with van der Waals surface area (Å²) in [5.41, 5.74) is 0. The zero-order chi connectivity index (χ0) is 11.4. The molecular weight excluding hydrogens is 212 g/mol. The molecule has 0 aliphatic carbocycles. The third-order valence-corrected chi connectivity index (χ3v) is 2.09. The van der Waals surface area contributed by atoms with Gasteiger partial charge in [-0.25, -0.2) is 4.79 Å². The number of hydrogen-bond donors (Lipinski definition) is 2. The molecule has 2 atom stereocenters. The van der Waals surface area contributed by atoms with Crippen molar-refractivity contribution in [1.82, 2.24) is 5.32 Å². The summed E-state index contributed by atoms with van der Waals surface area (Å²) < 4.78 is 28.5. The molecule has 1 heterocycles. The van der Waals surface area contributed by atoms with Gasteiger partial charge in [0.1, 0.15) is 0 Å². The van der Waals surface area contributed by atoms with E-state index in [1.807, 2.05) is 5.32 Å². The van der Waals surface area contributed by atoms with Crippen LogP contribution in [-0.4, -0.2) is 42.2 Å². The molecule has 86 valence electrons. The van der Waals surface area contributed by atoms with Crippen molar-refractivity contribution >= 4 is 11.9 Å². The van der Waals surface area contributed by atoms with E-state index in [0.717, 1.165) is 0 Å².